The number of benzene rings is 2. The van der Waals surface area contributed by atoms with E-state index in [4.69, 9.17) is 11.6 Å². The van der Waals surface area contributed by atoms with Gasteiger partial charge in [-0.1, -0.05) is 41.9 Å². The van der Waals surface area contributed by atoms with Gasteiger partial charge in [0, 0.05) is 48.9 Å². The predicted octanol–water partition coefficient (Wildman–Crippen LogP) is 3.67. The second-order valence-corrected chi connectivity index (χ2v) is 7.45. The molecule has 1 atom stereocenters. The lowest BCUT2D eigenvalue weighted by Crippen LogP contribution is -2.50. The van der Waals surface area contributed by atoms with Crippen LogP contribution in [0.1, 0.15) is 33.8 Å². The number of anilines is 1. The summed E-state index contributed by atoms with van der Waals surface area (Å²) in [6.07, 6.45) is 0.297. The van der Waals surface area contributed by atoms with Crippen LogP contribution in [-0.4, -0.2) is 42.8 Å². The van der Waals surface area contributed by atoms with Crippen molar-refractivity contribution in [3.63, 3.8) is 0 Å². The Morgan fingerprint density at radius 3 is 2.58 bits per heavy atom. The van der Waals surface area contributed by atoms with Gasteiger partial charge in [-0.15, -0.1) is 0 Å². The molecule has 2 aromatic carbocycles. The van der Waals surface area contributed by atoms with Crippen molar-refractivity contribution in [1.82, 2.24) is 4.90 Å². The SMILES string of the molecule is Cc1ccc(Cl)cc1N1CCN(C(=O)C2CC(=O)c3ccccc32)CC1. The number of hydrogen-bond acceptors (Lipinski definition) is 3. The van der Waals surface area contributed by atoms with Gasteiger partial charge in [-0.25, -0.2) is 0 Å². The summed E-state index contributed by atoms with van der Waals surface area (Å²) in [5.74, 6) is -0.170. The van der Waals surface area contributed by atoms with E-state index in [1.807, 2.05) is 47.4 Å². The van der Waals surface area contributed by atoms with Gasteiger partial charge >= 0.3 is 0 Å². The minimum atomic E-state index is -0.321. The molecule has 26 heavy (non-hydrogen) atoms. The number of rotatable bonds is 2. The first-order valence-corrected chi connectivity index (χ1v) is 9.34. The fourth-order valence-electron chi connectivity index (χ4n) is 3.99. The van der Waals surface area contributed by atoms with Crippen molar-refractivity contribution in [2.24, 2.45) is 0 Å². The fraction of sp³-hybridized carbons (Fsp3) is 0.333. The van der Waals surface area contributed by atoms with Crippen LogP contribution in [0.2, 0.25) is 5.02 Å². The second-order valence-electron chi connectivity index (χ2n) is 7.01. The zero-order valence-electron chi connectivity index (χ0n) is 14.7. The molecule has 0 radical (unpaired) electrons. The van der Waals surface area contributed by atoms with E-state index in [-0.39, 0.29) is 17.6 Å². The van der Waals surface area contributed by atoms with Gasteiger partial charge in [-0.05, 0) is 30.2 Å². The molecule has 0 spiro atoms. The van der Waals surface area contributed by atoms with Crippen molar-refractivity contribution in [3.05, 3.63) is 64.2 Å². The van der Waals surface area contributed by atoms with Crippen LogP contribution in [0, 0.1) is 6.92 Å². The number of hydrogen-bond donors (Lipinski definition) is 0. The molecule has 1 heterocycles. The van der Waals surface area contributed by atoms with Gasteiger partial charge in [0.05, 0.1) is 5.92 Å². The lowest BCUT2D eigenvalue weighted by Gasteiger charge is -2.38. The highest BCUT2D eigenvalue weighted by Gasteiger charge is 2.37. The van der Waals surface area contributed by atoms with Gasteiger partial charge in [-0.2, -0.15) is 0 Å². The van der Waals surface area contributed by atoms with E-state index in [1.165, 1.54) is 5.56 Å². The van der Waals surface area contributed by atoms with Crippen LogP contribution in [0.25, 0.3) is 0 Å². The molecule has 5 heteroatoms. The average molecular weight is 369 g/mol. The van der Waals surface area contributed by atoms with Crippen molar-refractivity contribution in [2.45, 2.75) is 19.3 Å². The first-order chi connectivity index (χ1) is 12.5. The monoisotopic (exact) mass is 368 g/mol. The number of carbonyl (C=O) groups excluding carboxylic acids is 2. The van der Waals surface area contributed by atoms with Gasteiger partial charge in [0.2, 0.25) is 5.91 Å². The van der Waals surface area contributed by atoms with Crippen LogP contribution in [0.3, 0.4) is 0 Å². The molecule has 1 aliphatic heterocycles. The van der Waals surface area contributed by atoms with Gasteiger partial charge in [0.25, 0.3) is 0 Å². The Morgan fingerprint density at radius 2 is 1.81 bits per heavy atom. The van der Waals surface area contributed by atoms with Gasteiger partial charge in [-0.3, -0.25) is 9.59 Å². The molecule has 0 N–H and O–H groups in total. The van der Waals surface area contributed by atoms with Crippen molar-refractivity contribution >= 4 is 29.0 Å². The van der Waals surface area contributed by atoms with E-state index in [0.29, 0.717) is 25.1 Å². The van der Waals surface area contributed by atoms with E-state index in [9.17, 15) is 9.59 Å². The molecule has 1 unspecified atom stereocenters. The van der Waals surface area contributed by atoms with Crippen molar-refractivity contribution in [2.75, 3.05) is 31.1 Å². The summed E-state index contributed by atoms with van der Waals surface area (Å²) in [6, 6.07) is 13.4. The summed E-state index contributed by atoms with van der Waals surface area (Å²) < 4.78 is 0. The Hall–Kier alpha value is -2.33. The summed E-state index contributed by atoms with van der Waals surface area (Å²) in [7, 11) is 0. The molecule has 0 bridgehead atoms. The highest BCUT2D eigenvalue weighted by Crippen LogP contribution is 2.34. The van der Waals surface area contributed by atoms with Gasteiger partial charge in [0.15, 0.2) is 5.78 Å². The molecular formula is C21H21ClN2O2. The summed E-state index contributed by atoms with van der Waals surface area (Å²) in [4.78, 5) is 29.4. The van der Waals surface area contributed by atoms with Crippen LogP contribution in [0.5, 0.6) is 0 Å². The highest BCUT2D eigenvalue weighted by atomic mass is 35.5. The standard InChI is InChI=1S/C21H21ClN2O2/c1-14-6-7-15(22)12-19(14)23-8-10-24(11-9-23)21(26)18-13-20(25)17-5-3-2-4-16(17)18/h2-7,12,18H,8-11,13H2,1H3. The smallest absolute Gasteiger partial charge is 0.230 e. The molecule has 1 aliphatic carbocycles. The number of fused-ring (bicyclic) bond motifs is 1. The number of carbonyl (C=O) groups is 2. The number of Topliss-reactive ketones (excluding diaryl/α,β-unsaturated/α-hetero) is 1. The number of ketones is 1. The van der Waals surface area contributed by atoms with E-state index < -0.39 is 0 Å². The van der Waals surface area contributed by atoms with Crippen molar-refractivity contribution < 1.29 is 9.59 Å². The highest BCUT2D eigenvalue weighted by molar-refractivity contribution is 6.30. The second kappa shape index (κ2) is 6.76. The molecule has 2 aromatic rings. The minimum Gasteiger partial charge on any atom is -0.368 e. The minimum absolute atomic E-state index is 0.0748. The predicted molar refractivity (Wildman–Crippen MR) is 103 cm³/mol. The van der Waals surface area contributed by atoms with E-state index in [1.54, 1.807) is 0 Å². The molecule has 4 rings (SSSR count). The number of halogens is 1. The fourth-order valence-corrected chi connectivity index (χ4v) is 4.16. The molecule has 1 fully saturated rings. The zero-order chi connectivity index (χ0) is 18.3. The number of amides is 1. The number of aryl methyl sites for hydroxylation is 1. The Bertz CT molecular complexity index is 872. The largest absolute Gasteiger partial charge is 0.368 e. The normalized spacial score (nSPS) is 19.6. The third kappa shape index (κ3) is 2.99. The molecule has 1 saturated heterocycles. The van der Waals surface area contributed by atoms with E-state index in [0.717, 1.165) is 29.4 Å². The topological polar surface area (TPSA) is 40.6 Å². The van der Waals surface area contributed by atoms with Crippen molar-refractivity contribution in [3.8, 4) is 0 Å². The first-order valence-electron chi connectivity index (χ1n) is 8.96. The molecule has 0 aromatic heterocycles. The Labute approximate surface area is 158 Å². The molecule has 0 saturated carbocycles. The van der Waals surface area contributed by atoms with Crippen molar-refractivity contribution in [1.29, 1.82) is 0 Å². The first kappa shape index (κ1) is 17.1. The van der Waals surface area contributed by atoms with Crippen LogP contribution in [0.15, 0.2) is 42.5 Å². The van der Waals surface area contributed by atoms with Crippen LogP contribution < -0.4 is 4.90 Å². The lowest BCUT2D eigenvalue weighted by atomic mass is 9.99. The molecule has 134 valence electrons. The van der Waals surface area contributed by atoms with Crippen LogP contribution in [-0.2, 0) is 4.79 Å². The maximum atomic E-state index is 13.0. The Kier molecular flexibility index (Phi) is 4.45. The summed E-state index contributed by atoms with van der Waals surface area (Å²) >= 11 is 6.14. The van der Waals surface area contributed by atoms with Gasteiger partial charge in [0.1, 0.15) is 0 Å². The maximum absolute atomic E-state index is 13.0. The summed E-state index contributed by atoms with van der Waals surface area (Å²) in [6.45, 7) is 4.95. The molecular weight excluding hydrogens is 348 g/mol. The van der Waals surface area contributed by atoms with Crippen LogP contribution >= 0.6 is 11.6 Å². The molecule has 1 amide bonds. The Morgan fingerprint density at radius 1 is 1.08 bits per heavy atom. The third-order valence-electron chi connectivity index (χ3n) is 5.43. The maximum Gasteiger partial charge on any atom is 0.230 e. The Balaban J connectivity index is 1.46. The third-order valence-corrected chi connectivity index (χ3v) is 5.66. The number of nitrogens with zero attached hydrogens (tertiary/aromatic N) is 2. The lowest BCUT2D eigenvalue weighted by molar-refractivity contribution is -0.133. The zero-order valence-corrected chi connectivity index (χ0v) is 15.5. The quantitative estimate of drug-likeness (QED) is 0.812. The van der Waals surface area contributed by atoms with Gasteiger partial charge < -0.3 is 9.80 Å². The average Bonchev–Trinajstić information content (AvgIpc) is 3.00. The molecule has 2 aliphatic rings. The number of piperazine rings is 1. The van der Waals surface area contributed by atoms with E-state index in [2.05, 4.69) is 11.8 Å². The van der Waals surface area contributed by atoms with E-state index >= 15 is 0 Å². The molecule has 4 nitrogen and oxygen atoms in total. The summed E-state index contributed by atoms with van der Waals surface area (Å²) in [5, 5.41) is 0.727. The summed E-state index contributed by atoms with van der Waals surface area (Å²) in [5.41, 5.74) is 3.91. The van der Waals surface area contributed by atoms with Crippen LogP contribution in [0.4, 0.5) is 5.69 Å².